The molecule has 6 heteroatoms. The number of fused-ring (bicyclic) bond motifs is 2. The van der Waals surface area contributed by atoms with E-state index in [9.17, 15) is 4.79 Å². The fourth-order valence-electron chi connectivity index (χ4n) is 3.31. The minimum atomic E-state index is -0.937. The largest absolute Gasteiger partial charge is 0.492 e. The number of carboxylic acids is 1. The number of hydrogen-bond acceptors (Lipinski definition) is 4. The molecule has 2 aliphatic heterocycles. The van der Waals surface area contributed by atoms with E-state index < -0.39 is 5.97 Å². The Kier molecular flexibility index (Phi) is 3.92. The van der Waals surface area contributed by atoms with Gasteiger partial charge in [-0.05, 0) is 29.8 Å². The molecule has 3 atom stereocenters. The highest BCUT2D eigenvalue weighted by Gasteiger charge is 2.40. The standard InChI is InChI=1S/C18H16ClNO4/c19-12-5-6-14-13(9-12)16-17(24-8-7-23-16)15(20-14)10-1-3-11(4-2-10)18(21)22/h1-6,9,14-15,17,20H,7-8H2,(H,21,22)/t14?,15-,17+/m0/s1. The third-order valence-electron chi connectivity index (χ3n) is 4.44. The van der Waals surface area contributed by atoms with Crippen LogP contribution in [0.15, 0.2) is 58.9 Å². The number of carboxylic acid groups (broad SMARTS) is 1. The van der Waals surface area contributed by atoms with E-state index in [1.54, 1.807) is 12.1 Å². The summed E-state index contributed by atoms with van der Waals surface area (Å²) >= 11 is 6.13. The van der Waals surface area contributed by atoms with Gasteiger partial charge in [0.25, 0.3) is 0 Å². The van der Waals surface area contributed by atoms with Crippen molar-refractivity contribution in [3.63, 3.8) is 0 Å². The molecule has 4 rings (SSSR count). The van der Waals surface area contributed by atoms with Crippen LogP contribution in [0.25, 0.3) is 0 Å². The molecule has 1 unspecified atom stereocenters. The highest BCUT2D eigenvalue weighted by Crippen LogP contribution is 2.38. The van der Waals surface area contributed by atoms with Crippen molar-refractivity contribution in [2.75, 3.05) is 13.2 Å². The van der Waals surface area contributed by atoms with E-state index in [1.807, 2.05) is 30.4 Å². The average molecular weight is 346 g/mol. The van der Waals surface area contributed by atoms with Gasteiger partial charge in [0.05, 0.1) is 24.3 Å². The topological polar surface area (TPSA) is 67.8 Å². The maximum atomic E-state index is 11.0. The van der Waals surface area contributed by atoms with Crippen LogP contribution in [0.3, 0.4) is 0 Å². The Morgan fingerprint density at radius 3 is 2.79 bits per heavy atom. The van der Waals surface area contributed by atoms with Crippen LogP contribution in [-0.2, 0) is 9.47 Å². The first-order valence-corrected chi connectivity index (χ1v) is 8.14. The number of ether oxygens (including phenoxy) is 2. The number of carbonyl (C=O) groups is 1. The first kappa shape index (κ1) is 15.4. The lowest BCUT2D eigenvalue weighted by molar-refractivity contribution is -0.0658. The Balaban J connectivity index is 1.72. The number of hydrogen-bond donors (Lipinski definition) is 2. The Morgan fingerprint density at radius 1 is 1.25 bits per heavy atom. The lowest BCUT2D eigenvalue weighted by Gasteiger charge is -2.42. The van der Waals surface area contributed by atoms with Crippen LogP contribution in [0.4, 0.5) is 0 Å². The van der Waals surface area contributed by atoms with Gasteiger partial charge in [0, 0.05) is 10.6 Å². The smallest absolute Gasteiger partial charge is 0.335 e. The summed E-state index contributed by atoms with van der Waals surface area (Å²) in [6.07, 6.45) is 5.50. The summed E-state index contributed by atoms with van der Waals surface area (Å²) < 4.78 is 11.8. The number of aromatic carboxylic acids is 1. The highest BCUT2D eigenvalue weighted by molar-refractivity contribution is 6.31. The first-order valence-electron chi connectivity index (χ1n) is 7.76. The van der Waals surface area contributed by atoms with E-state index in [0.29, 0.717) is 18.2 Å². The van der Waals surface area contributed by atoms with Gasteiger partial charge in [-0.2, -0.15) is 0 Å². The third-order valence-corrected chi connectivity index (χ3v) is 4.67. The molecule has 0 bridgehead atoms. The van der Waals surface area contributed by atoms with E-state index in [4.69, 9.17) is 26.2 Å². The quantitative estimate of drug-likeness (QED) is 0.862. The summed E-state index contributed by atoms with van der Waals surface area (Å²) in [7, 11) is 0. The van der Waals surface area contributed by atoms with Crippen LogP contribution in [0.5, 0.6) is 0 Å². The zero-order chi connectivity index (χ0) is 16.7. The minimum Gasteiger partial charge on any atom is -0.492 e. The lowest BCUT2D eigenvalue weighted by atomic mass is 9.87. The SMILES string of the molecule is O=C(O)c1ccc([C@@H]2NC3C=CC(Cl)=CC3=C3OCCO[C@@H]32)cc1. The molecule has 1 aliphatic carbocycles. The molecule has 24 heavy (non-hydrogen) atoms. The molecule has 2 heterocycles. The highest BCUT2D eigenvalue weighted by atomic mass is 35.5. The maximum Gasteiger partial charge on any atom is 0.335 e. The molecule has 0 saturated carbocycles. The minimum absolute atomic E-state index is 0.00963. The molecule has 1 saturated heterocycles. The molecule has 0 radical (unpaired) electrons. The summed E-state index contributed by atoms with van der Waals surface area (Å²) in [6, 6.07) is 6.72. The molecule has 3 aliphatic rings. The summed E-state index contributed by atoms with van der Waals surface area (Å²) in [5, 5.41) is 13.3. The molecule has 2 N–H and O–H groups in total. The average Bonchev–Trinajstić information content (AvgIpc) is 2.61. The molecule has 0 aromatic heterocycles. The Morgan fingerprint density at radius 2 is 2.04 bits per heavy atom. The van der Waals surface area contributed by atoms with Crippen LogP contribution >= 0.6 is 11.6 Å². The van der Waals surface area contributed by atoms with Crippen molar-refractivity contribution in [1.82, 2.24) is 5.32 Å². The third kappa shape index (κ3) is 2.65. The molecule has 5 nitrogen and oxygen atoms in total. The van der Waals surface area contributed by atoms with Gasteiger partial charge in [0.15, 0.2) is 0 Å². The van der Waals surface area contributed by atoms with Gasteiger partial charge in [0.1, 0.15) is 18.5 Å². The van der Waals surface area contributed by atoms with Crippen molar-refractivity contribution in [1.29, 1.82) is 0 Å². The molecular formula is C18H16ClNO4. The van der Waals surface area contributed by atoms with Gasteiger partial charge in [-0.15, -0.1) is 0 Å². The molecule has 1 aromatic rings. The zero-order valence-corrected chi connectivity index (χ0v) is 13.5. The Hall–Kier alpha value is -2.08. The maximum absolute atomic E-state index is 11.0. The number of halogens is 1. The number of nitrogens with one attached hydrogen (secondary N) is 1. The van der Waals surface area contributed by atoms with E-state index in [0.717, 1.165) is 16.9 Å². The fraction of sp³-hybridized carbons (Fsp3) is 0.278. The van der Waals surface area contributed by atoms with Gasteiger partial charge in [-0.3, -0.25) is 5.32 Å². The van der Waals surface area contributed by atoms with Gasteiger partial charge in [0.2, 0.25) is 0 Å². The van der Waals surface area contributed by atoms with Crippen LogP contribution in [0.1, 0.15) is 22.0 Å². The van der Waals surface area contributed by atoms with Crippen molar-refractivity contribution in [2.45, 2.75) is 18.2 Å². The van der Waals surface area contributed by atoms with Gasteiger partial charge >= 0.3 is 5.97 Å². The van der Waals surface area contributed by atoms with Crippen LogP contribution < -0.4 is 5.32 Å². The van der Waals surface area contributed by atoms with E-state index in [2.05, 4.69) is 5.32 Å². The number of allylic oxidation sites excluding steroid dienone is 2. The Bertz CT molecular complexity index is 766. The fourth-order valence-corrected chi connectivity index (χ4v) is 3.50. The van der Waals surface area contributed by atoms with Crippen LogP contribution in [-0.4, -0.2) is 36.4 Å². The van der Waals surface area contributed by atoms with Crippen LogP contribution in [0, 0.1) is 0 Å². The van der Waals surface area contributed by atoms with Crippen molar-refractivity contribution in [2.24, 2.45) is 0 Å². The predicted molar refractivity (Wildman–Crippen MR) is 88.9 cm³/mol. The summed E-state index contributed by atoms with van der Waals surface area (Å²) in [6.45, 7) is 1.03. The van der Waals surface area contributed by atoms with Gasteiger partial charge in [-0.1, -0.05) is 29.8 Å². The van der Waals surface area contributed by atoms with Gasteiger partial charge < -0.3 is 14.6 Å². The molecular weight excluding hydrogens is 330 g/mol. The van der Waals surface area contributed by atoms with Crippen molar-refractivity contribution >= 4 is 17.6 Å². The summed E-state index contributed by atoms with van der Waals surface area (Å²) in [4.78, 5) is 11.0. The molecule has 0 spiro atoms. The van der Waals surface area contributed by atoms with E-state index in [1.165, 1.54) is 0 Å². The summed E-state index contributed by atoms with van der Waals surface area (Å²) in [5.41, 5.74) is 2.21. The van der Waals surface area contributed by atoms with Crippen molar-refractivity contribution < 1.29 is 19.4 Å². The monoisotopic (exact) mass is 345 g/mol. The van der Waals surface area contributed by atoms with E-state index in [-0.39, 0.29) is 23.8 Å². The van der Waals surface area contributed by atoms with Gasteiger partial charge in [-0.25, -0.2) is 4.79 Å². The lowest BCUT2D eigenvalue weighted by Crippen LogP contribution is -2.49. The second-order valence-electron chi connectivity index (χ2n) is 5.90. The number of benzene rings is 1. The van der Waals surface area contributed by atoms with Crippen molar-refractivity contribution in [3.8, 4) is 0 Å². The van der Waals surface area contributed by atoms with Crippen LogP contribution in [0.2, 0.25) is 0 Å². The first-order chi connectivity index (χ1) is 11.6. The molecule has 124 valence electrons. The second kappa shape index (κ2) is 6.09. The molecule has 1 aromatic carbocycles. The molecule has 0 amide bonds. The second-order valence-corrected chi connectivity index (χ2v) is 6.33. The number of rotatable bonds is 2. The normalized spacial score (nSPS) is 28.5. The van der Waals surface area contributed by atoms with E-state index >= 15 is 0 Å². The molecule has 1 fully saturated rings. The zero-order valence-electron chi connectivity index (χ0n) is 12.7. The summed E-state index contributed by atoms with van der Waals surface area (Å²) in [5.74, 6) is -0.131. The van der Waals surface area contributed by atoms with Crippen molar-refractivity contribution in [3.05, 3.63) is 70.0 Å². The predicted octanol–water partition coefficient (Wildman–Crippen LogP) is 2.76. The Labute approximate surface area is 144 Å².